The van der Waals surface area contributed by atoms with Crippen molar-refractivity contribution in [3.8, 4) is 0 Å². The van der Waals surface area contributed by atoms with E-state index >= 15 is 0 Å². The van der Waals surface area contributed by atoms with Crippen molar-refractivity contribution in [1.82, 2.24) is 4.90 Å². The summed E-state index contributed by atoms with van der Waals surface area (Å²) in [5.41, 5.74) is 0. The molecule has 1 nitrogen and oxygen atoms in total. The summed E-state index contributed by atoms with van der Waals surface area (Å²) in [6, 6.07) is 1.57. The Morgan fingerprint density at radius 1 is 1.00 bits per heavy atom. The Labute approximate surface area is 77.1 Å². The van der Waals surface area contributed by atoms with Gasteiger partial charge in [-0.3, -0.25) is 4.90 Å². The van der Waals surface area contributed by atoms with Crippen LogP contribution in [0.4, 0.5) is 0 Å². The Morgan fingerprint density at radius 3 is 1.67 bits per heavy atom. The van der Waals surface area contributed by atoms with Gasteiger partial charge in [-0.25, -0.2) is 0 Å². The van der Waals surface area contributed by atoms with Crippen LogP contribution in [-0.4, -0.2) is 24.0 Å². The fourth-order valence-corrected chi connectivity index (χ4v) is 2.12. The van der Waals surface area contributed by atoms with Crippen LogP contribution in [0.5, 0.6) is 0 Å². The van der Waals surface area contributed by atoms with Crippen molar-refractivity contribution in [2.75, 3.05) is 7.05 Å². The molecule has 0 amide bonds. The maximum Gasteiger partial charge on any atom is 0.0153 e. The van der Waals surface area contributed by atoms with Crippen LogP contribution in [0.3, 0.4) is 0 Å². The first-order valence-corrected chi connectivity index (χ1v) is 5.18. The molecule has 0 radical (unpaired) electrons. The van der Waals surface area contributed by atoms with Gasteiger partial charge in [0.15, 0.2) is 0 Å². The minimum Gasteiger partial charge on any atom is -0.300 e. The van der Waals surface area contributed by atoms with Crippen LogP contribution in [0.25, 0.3) is 0 Å². The Bertz CT molecular complexity index is 136. The Kier molecular flexibility index (Phi) is 2.82. The zero-order chi connectivity index (χ0) is 9.46. The SMILES string of the molecule is CC(C)C(C)N(C)C1C(C)C1C. The molecule has 0 bridgehead atoms. The summed E-state index contributed by atoms with van der Waals surface area (Å²) in [4.78, 5) is 2.56. The third-order valence-corrected chi connectivity index (χ3v) is 3.84. The second-order valence-electron chi connectivity index (χ2n) is 4.86. The van der Waals surface area contributed by atoms with Gasteiger partial charge in [0.25, 0.3) is 0 Å². The van der Waals surface area contributed by atoms with Crippen molar-refractivity contribution in [1.29, 1.82) is 0 Å². The molecule has 0 heterocycles. The van der Waals surface area contributed by atoms with Crippen LogP contribution in [0.2, 0.25) is 0 Å². The van der Waals surface area contributed by atoms with Crippen LogP contribution in [0.15, 0.2) is 0 Å². The fourth-order valence-electron chi connectivity index (χ4n) is 2.12. The highest BCUT2D eigenvalue weighted by Crippen LogP contribution is 2.42. The van der Waals surface area contributed by atoms with Gasteiger partial charge in [-0.15, -0.1) is 0 Å². The number of hydrogen-bond acceptors (Lipinski definition) is 1. The van der Waals surface area contributed by atoms with E-state index in [1.54, 1.807) is 0 Å². The minimum absolute atomic E-state index is 0.724. The Balaban J connectivity index is 2.43. The normalized spacial score (nSPS) is 37.5. The third-order valence-electron chi connectivity index (χ3n) is 3.84. The van der Waals surface area contributed by atoms with E-state index in [4.69, 9.17) is 0 Å². The molecule has 1 rings (SSSR count). The average molecular weight is 169 g/mol. The fraction of sp³-hybridized carbons (Fsp3) is 1.00. The molecular formula is C11H23N. The average Bonchev–Trinajstić information content (AvgIpc) is 2.57. The largest absolute Gasteiger partial charge is 0.300 e. The quantitative estimate of drug-likeness (QED) is 0.628. The summed E-state index contributed by atoms with van der Waals surface area (Å²) >= 11 is 0. The van der Waals surface area contributed by atoms with E-state index in [0.717, 1.165) is 29.8 Å². The van der Waals surface area contributed by atoms with Gasteiger partial charge in [0.1, 0.15) is 0 Å². The van der Waals surface area contributed by atoms with E-state index in [0.29, 0.717) is 0 Å². The highest BCUT2D eigenvalue weighted by Gasteiger charge is 2.46. The summed E-state index contributed by atoms with van der Waals surface area (Å²) in [7, 11) is 2.27. The maximum atomic E-state index is 2.56. The molecule has 0 aromatic heterocycles. The Morgan fingerprint density at radius 2 is 1.42 bits per heavy atom. The molecule has 0 saturated heterocycles. The van der Waals surface area contributed by atoms with Gasteiger partial charge < -0.3 is 0 Å². The summed E-state index contributed by atoms with van der Waals surface area (Å²) in [6.07, 6.45) is 0. The van der Waals surface area contributed by atoms with Crippen LogP contribution >= 0.6 is 0 Å². The highest BCUT2D eigenvalue weighted by atomic mass is 15.2. The maximum absolute atomic E-state index is 2.56. The molecule has 1 aliphatic rings. The van der Waals surface area contributed by atoms with E-state index in [-0.39, 0.29) is 0 Å². The monoisotopic (exact) mass is 169 g/mol. The van der Waals surface area contributed by atoms with Crippen LogP contribution in [0.1, 0.15) is 34.6 Å². The zero-order valence-electron chi connectivity index (χ0n) is 9.33. The lowest BCUT2D eigenvalue weighted by Gasteiger charge is -2.28. The molecule has 1 fully saturated rings. The van der Waals surface area contributed by atoms with Crippen molar-refractivity contribution < 1.29 is 0 Å². The van der Waals surface area contributed by atoms with Gasteiger partial charge in [-0.05, 0) is 31.7 Å². The van der Waals surface area contributed by atoms with Gasteiger partial charge in [0.2, 0.25) is 0 Å². The Hall–Kier alpha value is -0.0400. The lowest BCUT2D eigenvalue weighted by molar-refractivity contribution is 0.187. The van der Waals surface area contributed by atoms with Crippen LogP contribution in [0, 0.1) is 17.8 Å². The molecule has 0 aliphatic heterocycles. The molecule has 3 unspecified atom stereocenters. The molecule has 1 heteroatoms. The van der Waals surface area contributed by atoms with E-state index in [1.807, 2.05) is 0 Å². The first-order valence-electron chi connectivity index (χ1n) is 5.18. The first-order chi connectivity index (χ1) is 5.46. The molecule has 12 heavy (non-hydrogen) atoms. The van der Waals surface area contributed by atoms with Gasteiger partial charge in [-0.1, -0.05) is 27.7 Å². The molecule has 0 N–H and O–H groups in total. The van der Waals surface area contributed by atoms with Gasteiger partial charge in [-0.2, -0.15) is 0 Å². The summed E-state index contributed by atoms with van der Waals surface area (Å²) in [5.74, 6) is 2.60. The minimum atomic E-state index is 0.724. The smallest absolute Gasteiger partial charge is 0.0153 e. The lowest BCUT2D eigenvalue weighted by atomic mass is 10.1. The molecule has 0 spiro atoms. The van der Waals surface area contributed by atoms with Crippen molar-refractivity contribution in [3.05, 3.63) is 0 Å². The summed E-state index contributed by atoms with van der Waals surface area (Å²) in [6.45, 7) is 11.7. The van der Waals surface area contributed by atoms with Crippen molar-refractivity contribution in [2.45, 2.75) is 46.7 Å². The van der Waals surface area contributed by atoms with Gasteiger partial charge in [0, 0.05) is 12.1 Å². The molecule has 0 aromatic rings. The molecule has 3 atom stereocenters. The zero-order valence-corrected chi connectivity index (χ0v) is 9.33. The van der Waals surface area contributed by atoms with E-state index in [2.05, 4.69) is 46.6 Å². The van der Waals surface area contributed by atoms with Crippen LogP contribution < -0.4 is 0 Å². The topological polar surface area (TPSA) is 3.24 Å². The molecule has 72 valence electrons. The molecule has 0 aromatic carbocycles. The first kappa shape index (κ1) is 10.0. The van der Waals surface area contributed by atoms with Crippen molar-refractivity contribution in [2.24, 2.45) is 17.8 Å². The molecule has 1 saturated carbocycles. The van der Waals surface area contributed by atoms with Crippen molar-refractivity contribution >= 4 is 0 Å². The standard InChI is InChI=1S/C11H23N/c1-7(2)10(5)12(6)11-8(3)9(11)4/h7-11H,1-6H3. The van der Waals surface area contributed by atoms with Gasteiger partial charge in [0.05, 0.1) is 0 Å². The van der Waals surface area contributed by atoms with E-state index in [1.165, 1.54) is 0 Å². The van der Waals surface area contributed by atoms with E-state index < -0.39 is 0 Å². The number of nitrogens with zero attached hydrogens (tertiary/aromatic N) is 1. The molecule has 1 aliphatic carbocycles. The predicted octanol–water partition coefficient (Wildman–Crippen LogP) is 2.62. The third kappa shape index (κ3) is 1.66. The second-order valence-corrected chi connectivity index (χ2v) is 4.86. The molecular weight excluding hydrogens is 146 g/mol. The van der Waals surface area contributed by atoms with E-state index in [9.17, 15) is 0 Å². The predicted molar refractivity (Wildman–Crippen MR) is 54.2 cm³/mol. The van der Waals surface area contributed by atoms with Crippen molar-refractivity contribution in [3.63, 3.8) is 0 Å². The van der Waals surface area contributed by atoms with Gasteiger partial charge >= 0.3 is 0 Å². The van der Waals surface area contributed by atoms with Crippen LogP contribution in [-0.2, 0) is 0 Å². The number of hydrogen-bond donors (Lipinski definition) is 0. The summed E-state index contributed by atoms with van der Waals surface area (Å²) in [5, 5.41) is 0. The summed E-state index contributed by atoms with van der Waals surface area (Å²) < 4.78 is 0. The lowest BCUT2D eigenvalue weighted by Crippen LogP contribution is -2.36. The second kappa shape index (κ2) is 3.37. The highest BCUT2D eigenvalue weighted by molar-refractivity contribution is 4.99. The number of rotatable bonds is 3.